The van der Waals surface area contributed by atoms with Crippen molar-refractivity contribution in [2.45, 2.75) is 69.4 Å². The number of nitriles is 1. The molecule has 2 amide bonds. The van der Waals surface area contributed by atoms with Gasteiger partial charge in [-0.15, -0.1) is 0 Å². The minimum atomic E-state index is -1.48. The number of imide groups is 1. The number of aliphatic hydroxyl groups is 1. The average molecular weight is 559 g/mol. The summed E-state index contributed by atoms with van der Waals surface area (Å²) in [6.45, 7) is 5.18. The number of likely N-dealkylation sites (tertiary alicyclic amines) is 1. The molecule has 1 aliphatic carbocycles. The van der Waals surface area contributed by atoms with E-state index < -0.39 is 34.1 Å². The molecule has 2 aromatic carbocycles. The van der Waals surface area contributed by atoms with Crippen LogP contribution >= 0.6 is 0 Å². The maximum absolute atomic E-state index is 16.2. The van der Waals surface area contributed by atoms with E-state index in [-0.39, 0.29) is 35.5 Å². The highest BCUT2D eigenvalue weighted by Gasteiger charge is 2.50. The number of carbonyl (C=O) groups is 2. The Morgan fingerprint density at radius 2 is 1.88 bits per heavy atom. The van der Waals surface area contributed by atoms with Crippen LogP contribution in [0.2, 0.25) is 0 Å². The molecule has 1 aromatic heterocycles. The first-order chi connectivity index (χ1) is 19.5. The highest BCUT2D eigenvalue weighted by molar-refractivity contribution is 6.01. The van der Waals surface area contributed by atoms with Crippen molar-refractivity contribution in [1.82, 2.24) is 15.2 Å². The number of amides is 2. The van der Waals surface area contributed by atoms with Crippen LogP contribution < -0.4 is 5.32 Å². The van der Waals surface area contributed by atoms with E-state index in [2.05, 4.69) is 21.3 Å². The van der Waals surface area contributed by atoms with Crippen LogP contribution in [-0.4, -0.2) is 39.9 Å². The summed E-state index contributed by atoms with van der Waals surface area (Å²) in [5.74, 6) is -2.27. The molecule has 7 nitrogen and oxygen atoms in total. The third-order valence-corrected chi connectivity index (χ3v) is 9.36. The van der Waals surface area contributed by atoms with Crippen molar-refractivity contribution in [3.05, 3.63) is 76.5 Å². The lowest BCUT2D eigenvalue weighted by Gasteiger charge is -2.50. The van der Waals surface area contributed by atoms with Gasteiger partial charge >= 0.3 is 0 Å². The van der Waals surface area contributed by atoms with E-state index in [0.717, 1.165) is 5.56 Å². The summed E-state index contributed by atoms with van der Waals surface area (Å²) in [4.78, 5) is 30.5. The molecule has 2 N–H and O–H groups in total. The van der Waals surface area contributed by atoms with Crippen LogP contribution in [0.1, 0.15) is 74.1 Å². The van der Waals surface area contributed by atoms with Crippen molar-refractivity contribution in [3.8, 4) is 6.07 Å². The second kappa shape index (κ2) is 9.68. The van der Waals surface area contributed by atoms with Crippen LogP contribution in [-0.2, 0) is 27.1 Å². The number of fused-ring (bicyclic) bond motifs is 1. The second-order valence-electron chi connectivity index (χ2n) is 12.5. The fourth-order valence-corrected chi connectivity index (χ4v) is 6.63. The number of nitrogens with zero attached hydrogens (tertiary/aromatic N) is 3. The van der Waals surface area contributed by atoms with Crippen LogP contribution in [0, 0.1) is 28.4 Å². The van der Waals surface area contributed by atoms with Gasteiger partial charge < -0.3 is 5.11 Å². The third kappa shape index (κ3) is 4.59. The molecule has 3 aromatic rings. The largest absolute Gasteiger partial charge is 0.384 e. The summed E-state index contributed by atoms with van der Waals surface area (Å²) >= 11 is 0. The van der Waals surface area contributed by atoms with Crippen LogP contribution in [0.25, 0.3) is 10.9 Å². The normalized spacial score (nSPS) is 25.5. The maximum atomic E-state index is 16.2. The fourth-order valence-electron chi connectivity index (χ4n) is 6.63. The van der Waals surface area contributed by atoms with Gasteiger partial charge in [-0.1, -0.05) is 32.0 Å². The van der Waals surface area contributed by atoms with E-state index in [0.29, 0.717) is 55.5 Å². The van der Waals surface area contributed by atoms with E-state index >= 15 is 4.39 Å². The quantitative estimate of drug-likeness (QED) is 0.440. The van der Waals surface area contributed by atoms with Gasteiger partial charge in [0.05, 0.1) is 28.5 Å². The highest BCUT2D eigenvalue weighted by atomic mass is 19.1. The van der Waals surface area contributed by atoms with Crippen LogP contribution in [0.4, 0.5) is 8.78 Å². The zero-order chi connectivity index (χ0) is 29.2. The molecule has 2 atom stereocenters. The number of aromatic nitrogens is 1. The number of pyridine rings is 1. The molecule has 3 fully saturated rings. The Kier molecular flexibility index (Phi) is 6.47. The van der Waals surface area contributed by atoms with Crippen molar-refractivity contribution >= 4 is 22.7 Å². The van der Waals surface area contributed by atoms with Gasteiger partial charge in [0, 0.05) is 54.2 Å². The summed E-state index contributed by atoms with van der Waals surface area (Å²) < 4.78 is 31.1. The van der Waals surface area contributed by atoms with Gasteiger partial charge in [0.25, 0.3) is 0 Å². The molecule has 2 saturated heterocycles. The average Bonchev–Trinajstić information content (AvgIpc) is 3.72. The Morgan fingerprint density at radius 1 is 1.12 bits per heavy atom. The number of hydrogen-bond acceptors (Lipinski definition) is 6. The molecule has 6 rings (SSSR count). The molecule has 9 heteroatoms. The summed E-state index contributed by atoms with van der Waals surface area (Å²) in [6, 6.07) is 12.2. The number of rotatable bonds is 5. The first kappa shape index (κ1) is 27.4. The van der Waals surface area contributed by atoms with Gasteiger partial charge in [-0.3, -0.25) is 24.8 Å². The summed E-state index contributed by atoms with van der Waals surface area (Å²) in [7, 11) is 0. The molecule has 0 bridgehead atoms. The number of piperidine rings is 2. The number of halogens is 2. The third-order valence-electron chi connectivity index (χ3n) is 9.36. The zero-order valence-electron chi connectivity index (χ0n) is 23.1. The van der Waals surface area contributed by atoms with E-state index in [1.165, 1.54) is 6.07 Å². The molecule has 1 saturated carbocycles. The van der Waals surface area contributed by atoms with Crippen molar-refractivity contribution < 1.29 is 23.5 Å². The molecule has 212 valence electrons. The van der Waals surface area contributed by atoms with Crippen LogP contribution in [0.15, 0.2) is 42.6 Å². The second-order valence-corrected chi connectivity index (χ2v) is 12.5. The Morgan fingerprint density at radius 3 is 2.54 bits per heavy atom. The molecule has 2 aliphatic heterocycles. The van der Waals surface area contributed by atoms with E-state index in [1.807, 2.05) is 19.9 Å². The Bertz CT molecular complexity index is 1630. The maximum Gasteiger partial charge on any atom is 0.234 e. The van der Waals surface area contributed by atoms with Crippen molar-refractivity contribution in [2.75, 3.05) is 13.1 Å². The Balaban J connectivity index is 1.24. The first-order valence-corrected chi connectivity index (χ1v) is 14.0. The van der Waals surface area contributed by atoms with Gasteiger partial charge in [0.15, 0.2) is 0 Å². The zero-order valence-corrected chi connectivity index (χ0v) is 23.1. The van der Waals surface area contributed by atoms with E-state index in [4.69, 9.17) is 0 Å². The lowest BCUT2D eigenvalue weighted by molar-refractivity contribution is -0.134. The number of benzene rings is 2. The molecule has 2 unspecified atom stereocenters. The number of nitrogens with one attached hydrogen (secondary N) is 1. The minimum Gasteiger partial charge on any atom is -0.384 e. The van der Waals surface area contributed by atoms with Crippen molar-refractivity contribution in [3.63, 3.8) is 0 Å². The lowest BCUT2D eigenvalue weighted by Crippen LogP contribution is -2.55. The van der Waals surface area contributed by atoms with Gasteiger partial charge in [-0.2, -0.15) is 5.26 Å². The molecule has 41 heavy (non-hydrogen) atoms. The monoisotopic (exact) mass is 558 g/mol. The Hall–Kier alpha value is -3.74. The summed E-state index contributed by atoms with van der Waals surface area (Å²) in [5, 5.41) is 24.0. The SMILES string of the molecule is CC1(C)CN(Cc2ccc(C3(C#N)CC3)c(F)c2)CCC1(O)c1ccc2ncc(C3CCC(=O)NC3=O)cc2c1F. The topological polar surface area (TPSA) is 106 Å². The smallest absolute Gasteiger partial charge is 0.234 e. The van der Waals surface area contributed by atoms with E-state index in [9.17, 15) is 24.3 Å². The molecule has 3 heterocycles. The van der Waals surface area contributed by atoms with Crippen molar-refractivity contribution in [2.24, 2.45) is 5.41 Å². The van der Waals surface area contributed by atoms with Crippen LogP contribution in [0.5, 0.6) is 0 Å². The lowest BCUT2D eigenvalue weighted by atomic mass is 9.66. The van der Waals surface area contributed by atoms with Gasteiger partial charge in [0.1, 0.15) is 11.6 Å². The molecule has 0 spiro atoms. The van der Waals surface area contributed by atoms with E-state index in [1.54, 1.807) is 30.5 Å². The fraction of sp³-hybridized carbons (Fsp3) is 0.438. The molecule has 0 radical (unpaired) electrons. The van der Waals surface area contributed by atoms with Crippen LogP contribution in [0.3, 0.4) is 0 Å². The van der Waals surface area contributed by atoms with Gasteiger partial charge in [0.2, 0.25) is 11.8 Å². The predicted octanol–water partition coefficient (Wildman–Crippen LogP) is 4.71. The summed E-state index contributed by atoms with van der Waals surface area (Å²) in [5.41, 5.74) is -0.564. The standard InChI is InChI=1S/C32H32F2N4O3/c1-30(2)18-38(16-19-3-5-23(25(33)13-19)31(17-35)9-10-31)12-11-32(30,41)24-6-7-26-22(28(24)34)14-20(15-36-26)21-4-8-27(39)37-29(21)40/h3,5-7,13-15,21,41H,4,8-12,16,18H2,1-2H3,(H,37,39,40). The predicted molar refractivity (Wildman–Crippen MR) is 147 cm³/mol. The van der Waals surface area contributed by atoms with Crippen molar-refractivity contribution in [1.29, 1.82) is 5.26 Å². The summed E-state index contributed by atoms with van der Waals surface area (Å²) in [6.07, 6.45) is 3.70. The number of hydrogen-bond donors (Lipinski definition) is 2. The minimum absolute atomic E-state index is 0.179. The molecular formula is C32H32F2N4O3. The Labute approximate surface area is 237 Å². The van der Waals surface area contributed by atoms with Gasteiger partial charge in [-0.05, 0) is 55.0 Å². The molecule has 3 aliphatic rings. The molecular weight excluding hydrogens is 526 g/mol. The highest BCUT2D eigenvalue weighted by Crippen LogP contribution is 2.49. The first-order valence-electron chi connectivity index (χ1n) is 14.0. The number of carbonyl (C=O) groups excluding carboxylic acids is 2. The van der Waals surface area contributed by atoms with Gasteiger partial charge in [-0.25, -0.2) is 8.78 Å².